The summed E-state index contributed by atoms with van der Waals surface area (Å²) in [5.74, 6) is -0.646. The number of hydrogen-bond acceptors (Lipinski definition) is 3. The predicted molar refractivity (Wildman–Crippen MR) is 57.6 cm³/mol. The molecular formula is C11H13ClO3. The van der Waals surface area contributed by atoms with Gasteiger partial charge in [-0.1, -0.05) is 23.7 Å². The van der Waals surface area contributed by atoms with E-state index in [4.69, 9.17) is 16.3 Å². The zero-order valence-corrected chi connectivity index (χ0v) is 9.36. The average molecular weight is 229 g/mol. The molecule has 0 saturated heterocycles. The minimum absolute atomic E-state index is 0.237. The van der Waals surface area contributed by atoms with Gasteiger partial charge in [-0.05, 0) is 31.5 Å². The lowest BCUT2D eigenvalue weighted by Gasteiger charge is -2.13. The number of ether oxygens (including phenoxy) is 1. The zero-order valence-electron chi connectivity index (χ0n) is 8.61. The van der Waals surface area contributed by atoms with Crippen molar-refractivity contribution in [1.29, 1.82) is 0 Å². The molecule has 1 rings (SSSR count). The molecule has 0 spiro atoms. The number of esters is 1. The largest absolute Gasteiger partial charge is 0.461 e. The van der Waals surface area contributed by atoms with Crippen LogP contribution in [-0.4, -0.2) is 17.2 Å². The molecular weight excluding hydrogens is 216 g/mol. The first-order chi connectivity index (χ1) is 7.00. The normalized spacial score (nSPS) is 12.6. The van der Waals surface area contributed by atoms with Crippen LogP contribution in [0.5, 0.6) is 0 Å². The van der Waals surface area contributed by atoms with Crippen molar-refractivity contribution < 1.29 is 14.6 Å². The van der Waals surface area contributed by atoms with Gasteiger partial charge in [0.05, 0.1) is 6.10 Å². The molecule has 1 N–H and O–H groups in total. The fourth-order valence-electron chi connectivity index (χ4n) is 1.08. The van der Waals surface area contributed by atoms with Crippen LogP contribution >= 0.6 is 11.6 Å². The highest BCUT2D eigenvalue weighted by atomic mass is 35.5. The first-order valence-electron chi connectivity index (χ1n) is 4.64. The van der Waals surface area contributed by atoms with Crippen molar-refractivity contribution in [3.8, 4) is 0 Å². The van der Waals surface area contributed by atoms with E-state index in [1.807, 2.05) is 0 Å². The monoisotopic (exact) mass is 228 g/mol. The maximum atomic E-state index is 11.3. The van der Waals surface area contributed by atoms with Crippen molar-refractivity contribution in [2.45, 2.75) is 26.1 Å². The molecule has 0 aliphatic rings. The van der Waals surface area contributed by atoms with Crippen LogP contribution in [0.1, 0.15) is 25.5 Å². The number of halogens is 1. The third kappa shape index (κ3) is 3.53. The number of hydrogen-bond donors (Lipinski definition) is 1. The third-order valence-electron chi connectivity index (χ3n) is 1.76. The summed E-state index contributed by atoms with van der Waals surface area (Å²) in [5.41, 5.74) is 0.477. The van der Waals surface area contributed by atoms with Crippen LogP contribution in [-0.2, 0) is 9.53 Å². The summed E-state index contributed by atoms with van der Waals surface area (Å²) >= 11 is 5.68. The Morgan fingerprint density at radius 2 is 1.87 bits per heavy atom. The van der Waals surface area contributed by atoms with Gasteiger partial charge in [0.25, 0.3) is 0 Å². The number of rotatable bonds is 3. The fourth-order valence-corrected chi connectivity index (χ4v) is 1.20. The first-order valence-corrected chi connectivity index (χ1v) is 5.02. The number of benzene rings is 1. The lowest BCUT2D eigenvalue weighted by atomic mass is 10.1. The van der Waals surface area contributed by atoms with E-state index in [1.54, 1.807) is 38.1 Å². The number of aliphatic hydroxyl groups excluding tert-OH is 1. The van der Waals surface area contributed by atoms with E-state index in [0.717, 1.165) is 0 Å². The predicted octanol–water partition coefficient (Wildman–Crippen LogP) is 2.33. The maximum absolute atomic E-state index is 11.3. The van der Waals surface area contributed by atoms with Crippen molar-refractivity contribution >= 4 is 17.6 Å². The fraction of sp³-hybridized carbons (Fsp3) is 0.364. The van der Waals surface area contributed by atoms with Gasteiger partial charge in [-0.2, -0.15) is 0 Å². The molecule has 15 heavy (non-hydrogen) atoms. The maximum Gasteiger partial charge on any atom is 0.339 e. The van der Waals surface area contributed by atoms with Gasteiger partial charge in [0.15, 0.2) is 6.10 Å². The summed E-state index contributed by atoms with van der Waals surface area (Å²) in [4.78, 5) is 11.3. The third-order valence-corrected chi connectivity index (χ3v) is 2.01. The van der Waals surface area contributed by atoms with E-state index in [9.17, 15) is 9.90 Å². The Hall–Kier alpha value is -1.06. The van der Waals surface area contributed by atoms with Crippen LogP contribution in [0, 0.1) is 0 Å². The van der Waals surface area contributed by atoms with Crippen LogP contribution in [0.15, 0.2) is 24.3 Å². The van der Waals surface area contributed by atoms with Crippen molar-refractivity contribution in [2.24, 2.45) is 0 Å². The number of carbonyl (C=O) groups excluding carboxylic acids is 1. The van der Waals surface area contributed by atoms with Crippen molar-refractivity contribution in [3.05, 3.63) is 34.9 Å². The Morgan fingerprint density at radius 1 is 1.33 bits per heavy atom. The summed E-state index contributed by atoms with van der Waals surface area (Å²) in [6.45, 7) is 3.46. The molecule has 0 aliphatic carbocycles. The van der Waals surface area contributed by atoms with Gasteiger partial charge in [0.1, 0.15) is 0 Å². The summed E-state index contributed by atoms with van der Waals surface area (Å²) in [5, 5.41) is 10.2. The Bertz CT molecular complexity index is 332. The topological polar surface area (TPSA) is 46.5 Å². The Balaban J connectivity index is 2.71. The Kier molecular flexibility index (Phi) is 4.12. The molecule has 0 unspecified atom stereocenters. The molecule has 82 valence electrons. The van der Waals surface area contributed by atoms with Crippen molar-refractivity contribution in [2.75, 3.05) is 0 Å². The van der Waals surface area contributed by atoms with Gasteiger partial charge in [-0.15, -0.1) is 0 Å². The molecule has 3 nitrogen and oxygen atoms in total. The molecule has 0 fully saturated rings. The standard InChI is InChI=1S/C11H13ClO3/c1-7(2)15-11(14)10(13)8-3-5-9(12)6-4-8/h3-7,10,13H,1-2H3/t10-/m0/s1. The van der Waals surface area contributed by atoms with E-state index in [0.29, 0.717) is 10.6 Å². The molecule has 1 aromatic carbocycles. The second kappa shape index (κ2) is 5.14. The van der Waals surface area contributed by atoms with Crippen LogP contribution < -0.4 is 0 Å². The number of carbonyl (C=O) groups is 1. The molecule has 0 aromatic heterocycles. The van der Waals surface area contributed by atoms with Crippen LogP contribution in [0.3, 0.4) is 0 Å². The summed E-state index contributed by atoms with van der Waals surface area (Å²) in [6.07, 6.45) is -1.48. The Labute approximate surface area is 93.6 Å². The van der Waals surface area contributed by atoms with Crippen LogP contribution in [0.2, 0.25) is 5.02 Å². The Morgan fingerprint density at radius 3 is 2.33 bits per heavy atom. The lowest BCUT2D eigenvalue weighted by Crippen LogP contribution is -2.19. The molecule has 1 atom stereocenters. The first kappa shape index (κ1) is 12.0. The second-order valence-electron chi connectivity index (χ2n) is 3.44. The molecule has 0 saturated carbocycles. The van der Waals surface area contributed by atoms with Crippen LogP contribution in [0.25, 0.3) is 0 Å². The van der Waals surface area contributed by atoms with E-state index >= 15 is 0 Å². The second-order valence-corrected chi connectivity index (χ2v) is 3.88. The van der Waals surface area contributed by atoms with Gasteiger partial charge in [-0.25, -0.2) is 4.79 Å². The highest BCUT2D eigenvalue weighted by Crippen LogP contribution is 2.17. The highest BCUT2D eigenvalue weighted by molar-refractivity contribution is 6.30. The van der Waals surface area contributed by atoms with Gasteiger partial charge in [-0.3, -0.25) is 0 Å². The summed E-state index contributed by atoms with van der Waals surface area (Å²) in [6, 6.07) is 6.41. The van der Waals surface area contributed by atoms with E-state index in [2.05, 4.69) is 0 Å². The smallest absolute Gasteiger partial charge is 0.339 e. The highest BCUT2D eigenvalue weighted by Gasteiger charge is 2.19. The van der Waals surface area contributed by atoms with E-state index < -0.39 is 12.1 Å². The quantitative estimate of drug-likeness (QED) is 0.808. The van der Waals surface area contributed by atoms with Gasteiger partial charge in [0, 0.05) is 5.02 Å². The van der Waals surface area contributed by atoms with Gasteiger partial charge in [0.2, 0.25) is 0 Å². The van der Waals surface area contributed by atoms with Gasteiger partial charge >= 0.3 is 5.97 Å². The van der Waals surface area contributed by atoms with Crippen LogP contribution in [0.4, 0.5) is 0 Å². The molecule has 0 bridgehead atoms. The van der Waals surface area contributed by atoms with Crippen molar-refractivity contribution in [3.63, 3.8) is 0 Å². The minimum atomic E-state index is -1.25. The molecule has 0 heterocycles. The molecule has 0 aliphatic heterocycles. The van der Waals surface area contributed by atoms with E-state index in [-0.39, 0.29) is 6.10 Å². The molecule has 1 aromatic rings. The van der Waals surface area contributed by atoms with Crippen molar-refractivity contribution in [1.82, 2.24) is 0 Å². The number of aliphatic hydroxyl groups is 1. The summed E-state index contributed by atoms with van der Waals surface area (Å²) < 4.78 is 4.87. The molecule has 4 heteroatoms. The SMILES string of the molecule is CC(C)OC(=O)[C@@H](O)c1ccc(Cl)cc1. The lowest BCUT2D eigenvalue weighted by molar-refractivity contribution is -0.157. The molecule has 0 radical (unpaired) electrons. The average Bonchev–Trinajstić information content (AvgIpc) is 2.17. The van der Waals surface area contributed by atoms with Gasteiger partial charge < -0.3 is 9.84 Å². The molecule has 0 amide bonds. The minimum Gasteiger partial charge on any atom is -0.461 e. The zero-order chi connectivity index (χ0) is 11.4. The van der Waals surface area contributed by atoms with E-state index in [1.165, 1.54) is 0 Å². The summed E-state index contributed by atoms with van der Waals surface area (Å²) in [7, 11) is 0.